The summed E-state index contributed by atoms with van der Waals surface area (Å²) in [6.45, 7) is 0.144. The van der Waals surface area contributed by atoms with Gasteiger partial charge in [0, 0.05) is 18.5 Å². The topological polar surface area (TPSA) is 101 Å². The molecule has 0 amide bonds. The van der Waals surface area contributed by atoms with E-state index in [9.17, 15) is 4.79 Å². The van der Waals surface area contributed by atoms with Crippen molar-refractivity contribution in [1.82, 2.24) is 29.2 Å². The highest BCUT2D eigenvalue weighted by molar-refractivity contribution is 6.32. The van der Waals surface area contributed by atoms with E-state index in [0.717, 1.165) is 11.3 Å². The van der Waals surface area contributed by atoms with Crippen LogP contribution in [0.2, 0.25) is 5.02 Å². The summed E-state index contributed by atoms with van der Waals surface area (Å²) >= 11 is 6.18. The molecule has 1 aliphatic carbocycles. The molecule has 2 aliphatic rings. The molecule has 1 aromatic carbocycles. The van der Waals surface area contributed by atoms with Crippen LogP contribution >= 0.6 is 11.6 Å². The van der Waals surface area contributed by atoms with E-state index in [2.05, 4.69) is 20.1 Å². The smallest absolute Gasteiger partial charge is 0.280 e. The first-order valence-electron chi connectivity index (χ1n) is 8.76. The molecule has 9 nitrogen and oxygen atoms in total. The summed E-state index contributed by atoms with van der Waals surface area (Å²) in [5.74, 6) is 1.91. The molecule has 140 valence electrons. The van der Waals surface area contributed by atoms with Gasteiger partial charge in [-0.1, -0.05) is 28.9 Å². The number of aryl methyl sites for hydroxylation is 1. The minimum Gasteiger partial charge on any atom is -0.487 e. The number of ether oxygens (including phenoxy) is 1. The second kappa shape index (κ2) is 5.41. The molecule has 1 saturated carbocycles. The van der Waals surface area contributed by atoms with Crippen molar-refractivity contribution in [3.05, 3.63) is 63.5 Å². The van der Waals surface area contributed by atoms with Gasteiger partial charge in [-0.05, 0) is 6.07 Å². The first-order valence-corrected chi connectivity index (χ1v) is 9.13. The number of para-hydroxylation sites is 1. The van der Waals surface area contributed by atoms with Gasteiger partial charge in [-0.2, -0.15) is 4.98 Å². The Bertz CT molecular complexity index is 1310. The van der Waals surface area contributed by atoms with Gasteiger partial charge in [0.25, 0.3) is 5.56 Å². The number of rotatable bonds is 3. The standard InChI is InChI=1S/C18H13ClN6O3/c1-24-6-20-17-13(24)18(26)25(7-21-17)5-10-22-16(23-28-10)12-11-8-3-2-4-9(19)14(8)27-15(11)12/h2-4,6-7,11-12,15H,5H2,1H3. The lowest BCUT2D eigenvalue weighted by Crippen LogP contribution is -2.22. The van der Waals surface area contributed by atoms with Crippen LogP contribution in [0.25, 0.3) is 11.2 Å². The van der Waals surface area contributed by atoms with Crippen LogP contribution in [0.5, 0.6) is 5.75 Å². The molecule has 4 aromatic rings. The van der Waals surface area contributed by atoms with E-state index in [0.29, 0.717) is 27.9 Å². The van der Waals surface area contributed by atoms with E-state index in [-0.39, 0.29) is 30.0 Å². The van der Waals surface area contributed by atoms with Gasteiger partial charge in [-0.25, -0.2) is 9.97 Å². The highest BCUT2D eigenvalue weighted by Crippen LogP contribution is 2.63. The highest BCUT2D eigenvalue weighted by atomic mass is 35.5. The number of hydrogen-bond acceptors (Lipinski definition) is 7. The van der Waals surface area contributed by atoms with Crippen molar-refractivity contribution < 1.29 is 9.26 Å². The average molecular weight is 397 g/mol. The van der Waals surface area contributed by atoms with E-state index >= 15 is 0 Å². The van der Waals surface area contributed by atoms with Gasteiger partial charge in [0.1, 0.15) is 24.7 Å². The lowest BCUT2D eigenvalue weighted by molar-refractivity contribution is 0.306. The molecule has 28 heavy (non-hydrogen) atoms. The van der Waals surface area contributed by atoms with Crippen molar-refractivity contribution in [3.8, 4) is 5.75 Å². The van der Waals surface area contributed by atoms with Crippen LogP contribution in [-0.2, 0) is 13.6 Å². The maximum absolute atomic E-state index is 12.6. The summed E-state index contributed by atoms with van der Waals surface area (Å²) in [6, 6.07) is 5.75. The van der Waals surface area contributed by atoms with E-state index in [1.165, 1.54) is 10.9 Å². The summed E-state index contributed by atoms with van der Waals surface area (Å²) in [5, 5.41) is 4.72. The first kappa shape index (κ1) is 15.8. The summed E-state index contributed by atoms with van der Waals surface area (Å²) in [5.41, 5.74) is 1.71. The van der Waals surface area contributed by atoms with E-state index < -0.39 is 0 Å². The molecule has 0 saturated heterocycles. The van der Waals surface area contributed by atoms with Gasteiger partial charge in [-0.15, -0.1) is 0 Å². The molecule has 6 rings (SSSR count). The van der Waals surface area contributed by atoms with Crippen LogP contribution in [0, 0.1) is 0 Å². The highest BCUT2D eigenvalue weighted by Gasteiger charge is 2.62. The van der Waals surface area contributed by atoms with Crippen LogP contribution < -0.4 is 10.3 Å². The van der Waals surface area contributed by atoms with Crippen molar-refractivity contribution in [3.63, 3.8) is 0 Å². The summed E-state index contributed by atoms with van der Waals surface area (Å²) < 4.78 is 14.4. The predicted molar refractivity (Wildman–Crippen MR) is 97.5 cm³/mol. The van der Waals surface area contributed by atoms with Gasteiger partial charge in [0.15, 0.2) is 17.0 Å². The number of halogens is 1. The third-order valence-corrected chi connectivity index (χ3v) is 5.65. The van der Waals surface area contributed by atoms with Crippen molar-refractivity contribution in [1.29, 1.82) is 0 Å². The fraction of sp³-hybridized carbons (Fsp3) is 0.278. The molecule has 3 aromatic heterocycles. The fourth-order valence-electron chi connectivity index (χ4n) is 3.95. The van der Waals surface area contributed by atoms with Crippen LogP contribution in [0.15, 0.2) is 40.2 Å². The lowest BCUT2D eigenvalue weighted by Gasteiger charge is -2.07. The molecule has 3 unspecified atom stereocenters. The minimum absolute atomic E-state index is 0.0180. The molecule has 1 aliphatic heterocycles. The molecule has 0 radical (unpaired) electrons. The predicted octanol–water partition coefficient (Wildman–Crippen LogP) is 1.86. The Hall–Kier alpha value is -3.20. The zero-order chi connectivity index (χ0) is 19.0. The summed E-state index contributed by atoms with van der Waals surface area (Å²) in [6.07, 6.45) is 2.98. The summed E-state index contributed by atoms with van der Waals surface area (Å²) in [7, 11) is 1.75. The second-order valence-electron chi connectivity index (χ2n) is 7.04. The zero-order valence-electron chi connectivity index (χ0n) is 14.6. The van der Waals surface area contributed by atoms with Crippen LogP contribution in [0.1, 0.15) is 29.1 Å². The number of hydrogen-bond donors (Lipinski definition) is 0. The van der Waals surface area contributed by atoms with Crippen LogP contribution in [0.4, 0.5) is 0 Å². The Labute approximate surface area is 162 Å². The molecule has 0 N–H and O–H groups in total. The average Bonchev–Trinajstić information content (AvgIpc) is 3.04. The number of imidazole rings is 1. The van der Waals surface area contributed by atoms with Crippen molar-refractivity contribution in [2.45, 2.75) is 24.5 Å². The molecule has 10 heteroatoms. The molecule has 0 spiro atoms. The largest absolute Gasteiger partial charge is 0.487 e. The Morgan fingerprint density at radius 3 is 2.96 bits per heavy atom. The number of fused-ring (bicyclic) bond motifs is 4. The normalized spacial score (nSPS) is 22.1. The van der Waals surface area contributed by atoms with Crippen molar-refractivity contribution in [2.24, 2.45) is 7.05 Å². The first-order chi connectivity index (χ1) is 13.6. The fourth-order valence-corrected chi connectivity index (χ4v) is 4.18. The zero-order valence-corrected chi connectivity index (χ0v) is 15.4. The van der Waals surface area contributed by atoms with Gasteiger partial charge in [0.05, 0.1) is 17.3 Å². The van der Waals surface area contributed by atoms with Crippen molar-refractivity contribution in [2.75, 3.05) is 0 Å². The molecular weight excluding hydrogens is 384 g/mol. The Balaban J connectivity index is 1.28. The van der Waals surface area contributed by atoms with Crippen molar-refractivity contribution >= 4 is 22.8 Å². The molecular formula is C18H13ClN6O3. The molecule has 3 atom stereocenters. The minimum atomic E-state index is -0.208. The Morgan fingerprint density at radius 2 is 2.07 bits per heavy atom. The SMILES string of the molecule is Cn1cnc2ncn(Cc3nc(C4C5Oc6c(Cl)cccc6C54)no3)c(=O)c21. The summed E-state index contributed by atoms with van der Waals surface area (Å²) in [4.78, 5) is 25.4. The van der Waals surface area contributed by atoms with Gasteiger partial charge >= 0.3 is 0 Å². The van der Waals surface area contributed by atoms with E-state index in [1.807, 2.05) is 18.2 Å². The third-order valence-electron chi connectivity index (χ3n) is 5.35. The maximum Gasteiger partial charge on any atom is 0.280 e. The quantitative estimate of drug-likeness (QED) is 0.521. The van der Waals surface area contributed by atoms with Gasteiger partial charge < -0.3 is 13.8 Å². The lowest BCUT2D eigenvalue weighted by atomic mass is 10.1. The Morgan fingerprint density at radius 1 is 1.21 bits per heavy atom. The second-order valence-corrected chi connectivity index (χ2v) is 7.45. The van der Waals surface area contributed by atoms with Crippen LogP contribution in [-0.4, -0.2) is 35.3 Å². The van der Waals surface area contributed by atoms with E-state index in [4.69, 9.17) is 20.9 Å². The molecule has 1 fully saturated rings. The Kier molecular flexibility index (Phi) is 3.06. The number of nitrogens with zero attached hydrogens (tertiary/aromatic N) is 6. The third kappa shape index (κ3) is 2.10. The number of benzene rings is 1. The van der Waals surface area contributed by atoms with Gasteiger partial charge in [0.2, 0.25) is 5.89 Å². The molecule has 4 heterocycles. The van der Waals surface area contributed by atoms with Crippen LogP contribution in [0.3, 0.4) is 0 Å². The monoisotopic (exact) mass is 396 g/mol. The van der Waals surface area contributed by atoms with Gasteiger partial charge in [-0.3, -0.25) is 9.36 Å². The number of aromatic nitrogens is 6. The van der Waals surface area contributed by atoms with E-state index in [1.54, 1.807) is 17.9 Å². The molecule has 0 bridgehead atoms. The maximum atomic E-state index is 12.6.